The molecule has 1 atom stereocenters. The number of nitrogens with one attached hydrogen (secondary N) is 2. The summed E-state index contributed by atoms with van der Waals surface area (Å²) in [7, 11) is 0. The first-order valence-corrected chi connectivity index (χ1v) is 6.75. The van der Waals surface area contributed by atoms with E-state index in [1.807, 2.05) is 6.07 Å². The zero-order valence-corrected chi connectivity index (χ0v) is 10.9. The average Bonchev–Trinajstić information content (AvgIpc) is 2.90. The molecule has 2 N–H and O–H groups in total. The average molecular weight is 262 g/mol. The zero-order chi connectivity index (χ0) is 13.5. The van der Waals surface area contributed by atoms with Crippen LogP contribution in [0.1, 0.15) is 22.7 Å². The molecule has 4 rings (SSSR count). The third kappa shape index (κ3) is 1.75. The molecule has 1 aliphatic rings. The highest BCUT2D eigenvalue weighted by Gasteiger charge is 2.22. The van der Waals surface area contributed by atoms with Gasteiger partial charge in [-0.15, -0.1) is 0 Å². The molecule has 3 aromatic rings. The van der Waals surface area contributed by atoms with E-state index in [1.54, 1.807) is 6.07 Å². The van der Waals surface area contributed by atoms with E-state index in [1.165, 1.54) is 16.7 Å². The Morgan fingerprint density at radius 3 is 2.80 bits per heavy atom. The van der Waals surface area contributed by atoms with E-state index in [0.29, 0.717) is 0 Å². The first kappa shape index (κ1) is 11.4. The Balaban J connectivity index is 1.85. The van der Waals surface area contributed by atoms with Gasteiger partial charge in [-0.3, -0.25) is 4.79 Å². The minimum Gasteiger partial charge on any atom is -0.322 e. The van der Waals surface area contributed by atoms with Crippen molar-refractivity contribution in [2.75, 3.05) is 0 Å². The van der Waals surface area contributed by atoms with Gasteiger partial charge in [-0.05, 0) is 34.2 Å². The Kier molecular flexibility index (Phi) is 2.47. The molecule has 0 aliphatic carbocycles. The van der Waals surface area contributed by atoms with Gasteiger partial charge in [0.05, 0.1) is 6.04 Å². The maximum absolute atomic E-state index is 11.4. The van der Waals surface area contributed by atoms with Gasteiger partial charge in [0.15, 0.2) is 0 Å². The molecule has 0 bridgehead atoms. The van der Waals surface area contributed by atoms with Crippen LogP contribution in [0, 0.1) is 0 Å². The van der Waals surface area contributed by atoms with Gasteiger partial charge >= 0.3 is 0 Å². The van der Waals surface area contributed by atoms with Crippen molar-refractivity contribution >= 4 is 10.9 Å². The Hall–Kier alpha value is -2.39. The maximum atomic E-state index is 11.4. The molecule has 0 amide bonds. The number of rotatable bonds is 1. The summed E-state index contributed by atoms with van der Waals surface area (Å²) < 4.78 is 0. The van der Waals surface area contributed by atoms with Crippen LogP contribution >= 0.6 is 0 Å². The van der Waals surface area contributed by atoms with Crippen LogP contribution in [0.5, 0.6) is 0 Å². The lowest BCUT2D eigenvalue weighted by atomic mass is 9.97. The molecule has 2 aromatic carbocycles. The number of hydrogen-bond acceptors (Lipinski definition) is 2. The van der Waals surface area contributed by atoms with Gasteiger partial charge in [0.2, 0.25) is 5.56 Å². The van der Waals surface area contributed by atoms with Gasteiger partial charge < -0.3 is 10.3 Å². The van der Waals surface area contributed by atoms with Gasteiger partial charge in [0, 0.05) is 18.1 Å². The summed E-state index contributed by atoms with van der Waals surface area (Å²) in [5, 5.41) is 4.58. The second kappa shape index (κ2) is 4.32. The van der Waals surface area contributed by atoms with Crippen molar-refractivity contribution in [3.63, 3.8) is 0 Å². The van der Waals surface area contributed by atoms with Crippen LogP contribution < -0.4 is 10.9 Å². The number of aromatic nitrogens is 1. The molecule has 1 aromatic heterocycles. The highest BCUT2D eigenvalue weighted by molar-refractivity contribution is 5.79. The molecule has 0 saturated heterocycles. The monoisotopic (exact) mass is 262 g/mol. The molecule has 1 aliphatic heterocycles. The minimum absolute atomic E-state index is 0.0607. The van der Waals surface area contributed by atoms with Crippen LogP contribution in [0.4, 0.5) is 0 Å². The normalized spacial score (nSPS) is 17.3. The predicted octanol–water partition coefficient (Wildman–Crippen LogP) is 2.72. The molecule has 3 nitrogen and oxygen atoms in total. The van der Waals surface area contributed by atoms with Crippen LogP contribution in [0.3, 0.4) is 0 Å². The minimum atomic E-state index is -0.0607. The van der Waals surface area contributed by atoms with Crippen molar-refractivity contribution in [1.82, 2.24) is 10.3 Å². The molecule has 0 spiro atoms. The van der Waals surface area contributed by atoms with Crippen LogP contribution in [-0.4, -0.2) is 4.98 Å². The van der Waals surface area contributed by atoms with E-state index in [2.05, 4.69) is 52.8 Å². The summed E-state index contributed by atoms with van der Waals surface area (Å²) in [5.41, 5.74) is 4.68. The second-order valence-electron chi connectivity index (χ2n) is 5.18. The molecule has 98 valence electrons. The lowest BCUT2D eigenvalue weighted by Crippen LogP contribution is -2.13. The third-order valence-electron chi connectivity index (χ3n) is 3.95. The molecule has 0 saturated carbocycles. The Bertz CT molecular complexity index is 851. The highest BCUT2D eigenvalue weighted by Crippen LogP contribution is 2.31. The lowest BCUT2D eigenvalue weighted by Gasteiger charge is -2.13. The largest absolute Gasteiger partial charge is 0.322 e. The number of hydrogen-bond donors (Lipinski definition) is 2. The van der Waals surface area contributed by atoms with Gasteiger partial charge in [0.1, 0.15) is 0 Å². The molecule has 3 heteroatoms. The van der Waals surface area contributed by atoms with Crippen molar-refractivity contribution in [2.24, 2.45) is 0 Å². The van der Waals surface area contributed by atoms with Crippen LogP contribution in [0.2, 0.25) is 0 Å². The Morgan fingerprint density at radius 1 is 1.00 bits per heavy atom. The van der Waals surface area contributed by atoms with Crippen LogP contribution in [0.25, 0.3) is 10.9 Å². The van der Waals surface area contributed by atoms with Crippen molar-refractivity contribution in [3.05, 3.63) is 81.6 Å². The van der Waals surface area contributed by atoms with E-state index in [4.69, 9.17) is 0 Å². The van der Waals surface area contributed by atoms with Gasteiger partial charge in [0.25, 0.3) is 0 Å². The summed E-state index contributed by atoms with van der Waals surface area (Å²) in [5.74, 6) is 0. The van der Waals surface area contributed by atoms with Crippen molar-refractivity contribution in [2.45, 2.75) is 12.6 Å². The maximum Gasteiger partial charge on any atom is 0.248 e. The summed E-state index contributed by atoms with van der Waals surface area (Å²) >= 11 is 0. The highest BCUT2D eigenvalue weighted by atomic mass is 16.1. The number of aromatic amines is 1. The first-order chi connectivity index (χ1) is 9.81. The standard InChI is InChI=1S/C17H14N2O/c20-16-8-7-11-5-6-12(9-15(11)19-16)17-14-4-2-1-3-13(14)10-18-17/h1-9,17-18H,10H2,(H,19,20). The molecular formula is C17H14N2O. The van der Waals surface area contributed by atoms with E-state index in [-0.39, 0.29) is 11.6 Å². The fourth-order valence-electron chi connectivity index (χ4n) is 2.94. The van der Waals surface area contributed by atoms with E-state index in [9.17, 15) is 4.79 Å². The number of benzene rings is 2. The number of pyridine rings is 1. The third-order valence-corrected chi connectivity index (χ3v) is 3.95. The molecule has 0 radical (unpaired) electrons. The SMILES string of the molecule is O=c1ccc2ccc(C3NCc4ccccc43)cc2[nH]1. The van der Waals surface area contributed by atoms with Gasteiger partial charge in [-0.1, -0.05) is 36.4 Å². The zero-order valence-electron chi connectivity index (χ0n) is 10.9. The lowest BCUT2D eigenvalue weighted by molar-refractivity contribution is 0.668. The first-order valence-electron chi connectivity index (χ1n) is 6.75. The van der Waals surface area contributed by atoms with Crippen LogP contribution in [-0.2, 0) is 6.54 Å². The predicted molar refractivity (Wildman–Crippen MR) is 79.7 cm³/mol. The summed E-state index contributed by atoms with van der Waals surface area (Å²) in [6, 6.07) is 18.3. The van der Waals surface area contributed by atoms with Crippen LogP contribution in [0.15, 0.2) is 59.4 Å². The van der Waals surface area contributed by atoms with E-state index in [0.717, 1.165) is 17.4 Å². The fourth-order valence-corrected chi connectivity index (χ4v) is 2.94. The number of H-pyrrole nitrogens is 1. The summed E-state index contributed by atoms with van der Waals surface area (Å²) in [6.07, 6.45) is 0. The summed E-state index contributed by atoms with van der Waals surface area (Å²) in [4.78, 5) is 14.3. The van der Waals surface area contributed by atoms with E-state index >= 15 is 0 Å². The second-order valence-corrected chi connectivity index (χ2v) is 5.18. The quantitative estimate of drug-likeness (QED) is 0.708. The van der Waals surface area contributed by atoms with Crippen molar-refractivity contribution < 1.29 is 0 Å². The smallest absolute Gasteiger partial charge is 0.248 e. The molecule has 1 unspecified atom stereocenters. The van der Waals surface area contributed by atoms with Gasteiger partial charge in [-0.2, -0.15) is 0 Å². The molecule has 2 heterocycles. The fraction of sp³-hybridized carbons (Fsp3) is 0.118. The Morgan fingerprint density at radius 2 is 1.85 bits per heavy atom. The molecule has 0 fully saturated rings. The molecular weight excluding hydrogens is 248 g/mol. The molecule has 20 heavy (non-hydrogen) atoms. The van der Waals surface area contributed by atoms with Crippen molar-refractivity contribution in [1.29, 1.82) is 0 Å². The van der Waals surface area contributed by atoms with Crippen molar-refractivity contribution in [3.8, 4) is 0 Å². The van der Waals surface area contributed by atoms with E-state index < -0.39 is 0 Å². The number of fused-ring (bicyclic) bond motifs is 2. The summed E-state index contributed by atoms with van der Waals surface area (Å²) in [6.45, 7) is 0.893. The Labute approximate surface area is 116 Å². The van der Waals surface area contributed by atoms with Gasteiger partial charge in [-0.25, -0.2) is 0 Å². The topological polar surface area (TPSA) is 44.9 Å².